The van der Waals surface area contributed by atoms with Crippen LogP contribution < -0.4 is 10.6 Å². The van der Waals surface area contributed by atoms with E-state index in [1.807, 2.05) is 0 Å². The minimum Gasteiger partial charge on any atom is -0.335 e. The molecule has 0 bridgehead atoms. The van der Waals surface area contributed by atoms with Crippen LogP contribution in [-0.4, -0.2) is 20.3 Å². The SMILES string of the molecule is Cc1ccc(Nc2nc3nonc3nc2Nc2ccccc2F)c(F)c1. The Morgan fingerprint density at radius 2 is 1.42 bits per heavy atom. The lowest BCUT2D eigenvalue weighted by Crippen LogP contribution is -2.05. The second-order valence-corrected chi connectivity index (χ2v) is 5.55. The summed E-state index contributed by atoms with van der Waals surface area (Å²) in [5, 5.41) is 12.9. The fourth-order valence-corrected chi connectivity index (χ4v) is 2.35. The predicted molar refractivity (Wildman–Crippen MR) is 91.5 cm³/mol. The molecule has 0 radical (unpaired) electrons. The van der Waals surface area contributed by atoms with E-state index in [1.165, 1.54) is 12.1 Å². The van der Waals surface area contributed by atoms with Gasteiger partial charge in [-0.3, -0.25) is 0 Å². The summed E-state index contributed by atoms with van der Waals surface area (Å²) in [6.07, 6.45) is 0. The van der Waals surface area contributed by atoms with Crippen molar-refractivity contribution < 1.29 is 13.4 Å². The molecular formula is C17H12F2N6O. The van der Waals surface area contributed by atoms with Crippen LogP contribution >= 0.6 is 0 Å². The zero-order valence-corrected chi connectivity index (χ0v) is 13.5. The summed E-state index contributed by atoms with van der Waals surface area (Å²) in [7, 11) is 0. The van der Waals surface area contributed by atoms with Crippen LogP contribution in [-0.2, 0) is 0 Å². The number of nitrogens with zero attached hydrogens (tertiary/aromatic N) is 4. The van der Waals surface area contributed by atoms with Gasteiger partial charge in [0.2, 0.25) is 11.3 Å². The molecular weight excluding hydrogens is 342 g/mol. The summed E-state index contributed by atoms with van der Waals surface area (Å²) in [6.45, 7) is 1.78. The zero-order chi connectivity index (χ0) is 18.1. The van der Waals surface area contributed by atoms with E-state index in [9.17, 15) is 8.78 Å². The highest BCUT2D eigenvalue weighted by molar-refractivity contribution is 5.79. The molecule has 0 amide bonds. The smallest absolute Gasteiger partial charge is 0.245 e. The Kier molecular flexibility index (Phi) is 3.88. The molecule has 2 N–H and O–H groups in total. The number of rotatable bonds is 4. The van der Waals surface area contributed by atoms with Crippen LogP contribution in [0.2, 0.25) is 0 Å². The number of benzene rings is 2. The lowest BCUT2D eigenvalue weighted by atomic mass is 10.2. The molecule has 9 heteroatoms. The van der Waals surface area contributed by atoms with Crippen molar-refractivity contribution in [1.29, 1.82) is 0 Å². The van der Waals surface area contributed by atoms with E-state index in [1.54, 1.807) is 37.3 Å². The summed E-state index contributed by atoms with van der Waals surface area (Å²) >= 11 is 0. The Balaban J connectivity index is 1.78. The molecule has 2 aromatic carbocycles. The molecule has 0 atom stereocenters. The third kappa shape index (κ3) is 3.02. The van der Waals surface area contributed by atoms with Gasteiger partial charge in [-0.1, -0.05) is 18.2 Å². The van der Waals surface area contributed by atoms with Crippen molar-refractivity contribution in [3.8, 4) is 0 Å². The first-order valence-corrected chi connectivity index (χ1v) is 7.65. The Morgan fingerprint density at radius 3 is 2.04 bits per heavy atom. The van der Waals surface area contributed by atoms with Crippen molar-refractivity contribution >= 4 is 34.3 Å². The molecule has 0 aliphatic carbocycles. The van der Waals surface area contributed by atoms with E-state index < -0.39 is 11.6 Å². The second-order valence-electron chi connectivity index (χ2n) is 5.55. The van der Waals surface area contributed by atoms with Gasteiger partial charge in [0.05, 0.1) is 11.4 Å². The number of aromatic nitrogens is 4. The van der Waals surface area contributed by atoms with Gasteiger partial charge in [-0.25, -0.2) is 23.4 Å². The quantitative estimate of drug-likeness (QED) is 0.571. The van der Waals surface area contributed by atoms with Crippen LogP contribution in [0.25, 0.3) is 11.3 Å². The molecule has 0 unspecified atom stereocenters. The second kappa shape index (κ2) is 6.36. The topological polar surface area (TPSA) is 88.8 Å². The highest BCUT2D eigenvalue weighted by atomic mass is 19.1. The Bertz CT molecular complexity index is 1100. The minimum atomic E-state index is -0.472. The molecule has 7 nitrogen and oxygen atoms in total. The van der Waals surface area contributed by atoms with Crippen LogP contribution in [0.1, 0.15) is 5.56 Å². The van der Waals surface area contributed by atoms with Gasteiger partial charge in [0.25, 0.3) is 0 Å². The largest absolute Gasteiger partial charge is 0.335 e. The van der Waals surface area contributed by atoms with Crippen molar-refractivity contribution in [2.75, 3.05) is 10.6 Å². The first kappa shape index (κ1) is 15.9. The average Bonchev–Trinajstić information content (AvgIpc) is 3.06. The van der Waals surface area contributed by atoms with Gasteiger partial charge in [-0.15, -0.1) is 0 Å². The maximum absolute atomic E-state index is 14.2. The van der Waals surface area contributed by atoms with E-state index >= 15 is 0 Å². The van der Waals surface area contributed by atoms with E-state index in [0.717, 1.165) is 5.56 Å². The van der Waals surface area contributed by atoms with Crippen molar-refractivity contribution in [3.63, 3.8) is 0 Å². The number of fused-ring (bicyclic) bond motifs is 1. The maximum atomic E-state index is 14.2. The van der Waals surface area contributed by atoms with Gasteiger partial charge in [-0.2, -0.15) is 0 Å². The Labute approximate surface area is 146 Å². The molecule has 4 rings (SSSR count). The third-order valence-corrected chi connectivity index (χ3v) is 3.62. The summed E-state index contributed by atoms with van der Waals surface area (Å²) in [5.41, 5.74) is 1.43. The highest BCUT2D eigenvalue weighted by Crippen LogP contribution is 2.28. The number of hydrogen-bond acceptors (Lipinski definition) is 7. The molecule has 2 heterocycles. The lowest BCUT2D eigenvalue weighted by molar-refractivity contribution is 0.314. The molecule has 2 aromatic heterocycles. The van der Waals surface area contributed by atoms with Gasteiger partial charge < -0.3 is 10.6 Å². The van der Waals surface area contributed by atoms with Crippen LogP contribution in [0.15, 0.2) is 47.1 Å². The van der Waals surface area contributed by atoms with Gasteiger partial charge >= 0.3 is 0 Å². The highest BCUT2D eigenvalue weighted by Gasteiger charge is 2.15. The molecule has 0 saturated carbocycles. The molecule has 130 valence electrons. The number of halogens is 2. The molecule has 0 fully saturated rings. The fraction of sp³-hybridized carbons (Fsp3) is 0.0588. The molecule has 0 aliphatic rings. The first-order chi connectivity index (χ1) is 12.6. The van der Waals surface area contributed by atoms with Gasteiger partial charge in [-0.05, 0) is 47.1 Å². The zero-order valence-electron chi connectivity index (χ0n) is 13.5. The van der Waals surface area contributed by atoms with E-state index in [4.69, 9.17) is 0 Å². The number of aryl methyl sites for hydroxylation is 1. The summed E-state index contributed by atoms with van der Waals surface area (Å²) < 4.78 is 32.7. The monoisotopic (exact) mass is 354 g/mol. The molecule has 0 saturated heterocycles. The van der Waals surface area contributed by atoms with Crippen molar-refractivity contribution in [2.24, 2.45) is 0 Å². The Hall–Kier alpha value is -3.62. The lowest BCUT2D eigenvalue weighted by Gasteiger charge is -2.13. The average molecular weight is 354 g/mol. The van der Waals surface area contributed by atoms with Crippen LogP contribution in [0, 0.1) is 18.6 Å². The number of anilines is 4. The number of para-hydroxylation sites is 1. The molecule has 26 heavy (non-hydrogen) atoms. The van der Waals surface area contributed by atoms with Crippen LogP contribution in [0.3, 0.4) is 0 Å². The summed E-state index contributed by atoms with van der Waals surface area (Å²) in [4.78, 5) is 8.45. The standard InChI is InChI=1S/C17H12F2N6O/c1-9-6-7-13(11(19)8-9)21-15-14(20-12-5-3-2-4-10(12)18)22-16-17(23-15)25-26-24-16/h2-8H,1H3,(H,20,22,24)(H,21,23,25). The number of nitrogens with one attached hydrogen (secondary N) is 2. The predicted octanol–water partition coefficient (Wildman–Crippen LogP) is 4.09. The normalized spacial score (nSPS) is 10.9. The van der Waals surface area contributed by atoms with E-state index in [-0.39, 0.29) is 34.3 Å². The van der Waals surface area contributed by atoms with Gasteiger partial charge in [0.1, 0.15) is 11.6 Å². The van der Waals surface area contributed by atoms with E-state index in [2.05, 4.69) is 35.5 Å². The van der Waals surface area contributed by atoms with Crippen molar-refractivity contribution in [2.45, 2.75) is 6.92 Å². The van der Waals surface area contributed by atoms with Crippen molar-refractivity contribution in [3.05, 3.63) is 59.7 Å². The van der Waals surface area contributed by atoms with E-state index in [0.29, 0.717) is 0 Å². The summed E-state index contributed by atoms with van der Waals surface area (Å²) in [5.74, 6) is -0.625. The summed E-state index contributed by atoms with van der Waals surface area (Å²) in [6, 6.07) is 10.8. The molecule has 0 aliphatic heterocycles. The minimum absolute atomic E-state index is 0.138. The van der Waals surface area contributed by atoms with Gasteiger partial charge in [0, 0.05) is 0 Å². The first-order valence-electron chi connectivity index (χ1n) is 7.65. The van der Waals surface area contributed by atoms with Crippen molar-refractivity contribution in [1.82, 2.24) is 20.3 Å². The third-order valence-electron chi connectivity index (χ3n) is 3.62. The molecule has 4 aromatic rings. The Morgan fingerprint density at radius 1 is 0.808 bits per heavy atom. The number of hydrogen-bond donors (Lipinski definition) is 2. The van der Waals surface area contributed by atoms with Crippen LogP contribution in [0.4, 0.5) is 31.8 Å². The fourth-order valence-electron chi connectivity index (χ4n) is 2.35. The van der Waals surface area contributed by atoms with Crippen LogP contribution in [0.5, 0.6) is 0 Å². The molecule has 0 spiro atoms. The van der Waals surface area contributed by atoms with Gasteiger partial charge in [0.15, 0.2) is 11.6 Å². The maximum Gasteiger partial charge on any atom is 0.245 e.